The van der Waals surface area contributed by atoms with Crippen LogP contribution in [0.1, 0.15) is 28.6 Å². The molecule has 0 radical (unpaired) electrons. The van der Waals surface area contributed by atoms with Crippen LogP contribution in [0.5, 0.6) is 0 Å². The van der Waals surface area contributed by atoms with Crippen LogP contribution < -0.4 is 5.32 Å². The lowest BCUT2D eigenvalue weighted by atomic mass is 10.1. The van der Waals surface area contributed by atoms with Gasteiger partial charge in [-0.15, -0.1) is 0 Å². The van der Waals surface area contributed by atoms with Crippen molar-refractivity contribution in [1.29, 1.82) is 0 Å². The Morgan fingerprint density at radius 1 is 1.14 bits per heavy atom. The average Bonchev–Trinajstić information content (AvgIpc) is 3.30. The van der Waals surface area contributed by atoms with Crippen LogP contribution in [-0.2, 0) is 11.8 Å². The Kier molecular flexibility index (Phi) is 4.37. The van der Waals surface area contributed by atoms with E-state index in [0.29, 0.717) is 18.3 Å². The Bertz CT molecular complexity index is 1000. The molecule has 28 heavy (non-hydrogen) atoms. The predicted molar refractivity (Wildman–Crippen MR) is 107 cm³/mol. The number of benzene rings is 1. The number of morpholine rings is 1. The number of hydrogen-bond donors (Lipinski definition) is 1. The molecule has 0 unspecified atom stereocenters. The van der Waals surface area contributed by atoms with Crippen LogP contribution in [0, 0.1) is 0 Å². The zero-order chi connectivity index (χ0) is 19.1. The molecule has 1 amide bonds. The molecule has 1 aromatic carbocycles. The number of aryl methyl sites for hydroxylation is 1. The highest BCUT2D eigenvalue weighted by molar-refractivity contribution is 5.94. The van der Waals surface area contributed by atoms with Crippen LogP contribution in [0.15, 0.2) is 54.7 Å². The third-order valence-electron chi connectivity index (χ3n) is 5.87. The first-order chi connectivity index (χ1) is 13.7. The highest BCUT2D eigenvalue weighted by Gasteiger charge is 2.38. The molecule has 2 aliphatic rings. The van der Waals surface area contributed by atoms with Crippen molar-refractivity contribution >= 4 is 16.9 Å². The van der Waals surface area contributed by atoms with E-state index in [1.807, 2.05) is 48.1 Å². The van der Waals surface area contributed by atoms with Gasteiger partial charge in [0, 0.05) is 43.8 Å². The fourth-order valence-corrected chi connectivity index (χ4v) is 4.37. The molecule has 6 heteroatoms. The monoisotopic (exact) mass is 376 g/mol. The van der Waals surface area contributed by atoms with E-state index in [1.165, 1.54) is 5.56 Å². The van der Waals surface area contributed by atoms with Crippen molar-refractivity contribution in [2.45, 2.75) is 24.6 Å². The van der Waals surface area contributed by atoms with E-state index in [0.717, 1.165) is 30.5 Å². The Morgan fingerprint density at radius 3 is 2.86 bits per heavy atom. The summed E-state index contributed by atoms with van der Waals surface area (Å²) in [6.07, 6.45) is 2.98. The summed E-state index contributed by atoms with van der Waals surface area (Å²) >= 11 is 0. The van der Waals surface area contributed by atoms with Gasteiger partial charge in [-0.3, -0.25) is 9.69 Å². The molecule has 2 aliphatic heterocycles. The number of nitrogens with zero attached hydrogens (tertiary/aromatic N) is 3. The van der Waals surface area contributed by atoms with Crippen molar-refractivity contribution < 1.29 is 9.53 Å². The molecule has 0 spiro atoms. The first-order valence-corrected chi connectivity index (χ1v) is 9.81. The van der Waals surface area contributed by atoms with E-state index >= 15 is 0 Å². The topological polar surface area (TPSA) is 59.4 Å². The highest BCUT2D eigenvalue weighted by Crippen LogP contribution is 2.30. The van der Waals surface area contributed by atoms with Crippen LogP contribution >= 0.6 is 0 Å². The van der Waals surface area contributed by atoms with Gasteiger partial charge in [0.25, 0.3) is 5.91 Å². The lowest BCUT2D eigenvalue weighted by molar-refractivity contribution is -0.0502. The van der Waals surface area contributed by atoms with Crippen LogP contribution in [0.4, 0.5) is 0 Å². The highest BCUT2D eigenvalue weighted by atomic mass is 16.5. The van der Waals surface area contributed by atoms with Crippen molar-refractivity contribution in [1.82, 2.24) is 19.8 Å². The van der Waals surface area contributed by atoms with Gasteiger partial charge >= 0.3 is 0 Å². The second-order valence-electron chi connectivity index (χ2n) is 7.78. The summed E-state index contributed by atoms with van der Waals surface area (Å²) in [4.78, 5) is 19.7. The molecule has 4 heterocycles. The van der Waals surface area contributed by atoms with Crippen molar-refractivity contribution in [2.24, 2.45) is 7.05 Å². The molecule has 5 rings (SSSR count). The van der Waals surface area contributed by atoms with Gasteiger partial charge in [0.2, 0.25) is 0 Å². The zero-order valence-electron chi connectivity index (χ0n) is 15.9. The average molecular weight is 376 g/mol. The second-order valence-corrected chi connectivity index (χ2v) is 7.78. The Morgan fingerprint density at radius 2 is 2.00 bits per heavy atom. The SMILES string of the molecule is Cn1ccc2ccc(C(=O)N[C@@H]3C[C@H]4CO[C@@H](c5ccccc5)CN4C3)nc21. The third kappa shape index (κ3) is 3.19. The Labute approximate surface area is 164 Å². The molecule has 3 aromatic rings. The number of carbonyl (C=O) groups excluding carboxylic acids is 1. The fourth-order valence-electron chi connectivity index (χ4n) is 4.37. The number of aromatic nitrogens is 2. The molecule has 144 valence electrons. The van der Waals surface area contributed by atoms with E-state index in [2.05, 4.69) is 27.3 Å². The van der Waals surface area contributed by atoms with Gasteiger partial charge in [-0.05, 0) is 30.2 Å². The summed E-state index contributed by atoms with van der Waals surface area (Å²) in [7, 11) is 1.94. The maximum absolute atomic E-state index is 12.7. The largest absolute Gasteiger partial charge is 0.371 e. The molecule has 1 N–H and O–H groups in total. The summed E-state index contributed by atoms with van der Waals surface area (Å²) in [6.45, 7) is 2.43. The van der Waals surface area contributed by atoms with Gasteiger partial charge in [-0.1, -0.05) is 30.3 Å². The van der Waals surface area contributed by atoms with Gasteiger partial charge in [0.15, 0.2) is 0 Å². The minimum atomic E-state index is -0.103. The van der Waals surface area contributed by atoms with Gasteiger partial charge in [0.1, 0.15) is 11.3 Å². The fraction of sp³-hybridized carbons (Fsp3) is 0.364. The minimum Gasteiger partial charge on any atom is -0.371 e. The molecule has 6 nitrogen and oxygen atoms in total. The van der Waals surface area contributed by atoms with Crippen LogP contribution in [-0.4, -0.2) is 52.1 Å². The summed E-state index contributed by atoms with van der Waals surface area (Å²) in [5.74, 6) is -0.103. The first-order valence-electron chi connectivity index (χ1n) is 9.81. The summed E-state index contributed by atoms with van der Waals surface area (Å²) in [5.41, 5.74) is 2.52. The summed E-state index contributed by atoms with van der Waals surface area (Å²) < 4.78 is 8.03. The Hall–Kier alpha value is -2.70. The summed E-state index contributed by atoms with van der Waals surface area (Å²) in [6, 6.07) is 16.6. The van der Waals surface area contributed by atoms with Gasteiger partial charge in [-0.25, -0.2) is 4.98 Å². The number of rotatable bonds is 3. The maximum atomic E-state index is 12.7. The van der Waals surface area contributed by atoms with Gasteiger partial charge < -0.3 is 14.6 Å². The van der Waals surface area contributed by atoms with E-state index in [9.17, 15) is 4.79 Å². The maximum Gasteiger partial charge on any atom is 0.270 e. The Balaban J connectivity index is 1.24. The number of pyridine rings is 1. The molecule has 3 atom stereocenters. The molecule has 0 aliphatic carbocycles. The second kappa shape index (κ2) is 7.04. The number of fused-ring (bicyclic) bond motifs is 2. The number of amides is 1. The van der Waals surface area contributed by atoms with E-state index in [-0.39, 0.29) is 18.1 Å². The van der Waals surface area contributed by atoms with Crippen LogP contribution in [0.25, 0.3) is 11.0 Å². The molecule has 2 fully saturated rings. The molecule has 0 saturated carbocycles. The molecule has 2 saturated heterocycles. The van der Waals surface area contributed by atoms with Crippen molar-refractivity contribution in [3.63, 3.8) is 0 Å². The van der Waals surface area contributed by atoms with E-state index < -0.39 is 0 Å². The van der Waals surface area contributed by atoms with Gasteiger partial charge in [0.05, 0.1) is 12.7 Å². The smallest absolute Gasteiger partial charge is 0.270 e. The lowest BCUT2D eigenvalue weighted by Gasteiger charge is -2.35. The van der Waals surface area contributed by atoms with E-state index in [1.54, 1.807) is 6.07 Å². The number of ether oxygens (including phenoxy) is 1. The molecule has 0 bridgehead atoms. The molecule has 2 aromatic heterocycles. The molecular formula is C22H24N4O2. The van der Waals surface area contributed by atoms with Gasteiger partial charge in [-0.2, -0.15) is 0 Å². The standard InChI is InChI=1S/C22H24N4O2/c1-25-10-9-16-7-8-19(24-21(16)25)22(27)23-17-11-18-14-28-20(13-26(18)12-17)15-5-3-2-4-6-15/h2-10,17-18,20H,11-14H2,1H3,(H,23,27)/t17-,18+,20-/m1/s1. The normalized spacial score (nSPS) is 25.0. The number of nitrogens with one attached hydrogen (secondary N) is 1. The number of hydrogen-bond acceptors (Lipinski definition) is 4. The van der Waals surface area contributed by atoms with E-state index in [4.69, 9.17) is 4.74 Å². The van der Waals surface area contributed by atoms with Crippen molar-refractivity contribution in [2.75, 3.05) is 19.7 Å². The lowest BCUT2D eigenvalue weighted by Crippen LogP contribution is -2.43. The number of carbonyl (C=O) groups is 1. The summed E-state index contributed by atoms with van der Waals surface area (Å²) in [5, 5.41) is 4.22. The minimum absolute atomic E-state index is 0.103. The first kappa shape index (κ1) is 17.4. The third-order valence-corrected chi connectivity index (χ3v) is 5.87. The van der Waals surface area contributed by atoms with Crippen LogP contribution in [0.3, 0.4) is 0 Å². The van der Waals surface area contributed by atoms with Crippen LogP contribution in [0.2, 0.25) is 0 Å². The predicted octanol–water partition coefficient (Wildman–Crippen LogP) is 2.52. The zero-order valence-corrected chi connectivity index (χ0v) is 15.9. The van der Waals surface area contributed by atoms with Crippen molar-refractivity contribution in [3.8, 4) is 0 Å². The van der Waals surface area contributed by atoms with Crippen molar-refractivity contribution in [3.05, 3.63) is 66.0 Å². The molecular weight excluding hydrogens is 352 g/mol. The quantitative estimate of drug-likeness (QED) is 0.763.